The van der Waals surface area contributed by atoms with E-state index in [0.717, 1.165) is 54.6 Å². The Balaban J connectivity index is 1.94. The number of amides is 1. The third kappa shape index (κ3) is 3.95. The number of aryl methyl sites for hydroxylation is 2. The molecule has 28 heavy (non-hydrogen) atoms. The van der Waals surface area contributed by atoms with E-state index in [-0.39, 0.29) is 5.56 Å². The molecule has 1 fully saturated rings. The largest absolute Gasteiger partial charge is 0.321 e. The maximum Gasteiger partial charge on any atom is 0.255 e. The maximum atomic E-state index is 14.3. The second-order valence-corrected chi connectivity index (χ2v) is 8.78. The van der Waals surface area contributed by atoms with Gasteiger partial charge in [0.15, 0.2) is 0 Å². The minimum atomic E-state index is -3.95. The first-order chi connectivity index (χ1) is 13.4. The molecule has 0 radical (unpaired) electrons. The van der Waals surface area contributed by atoms with Crippen LogP contribution in [0.1, 0.15) is 48.2 Å². The van der Waals surface area contributed by atoms with Gasteiger partial charge in [0.2, 0.25) is 10.0 Å². The van der Waals surface area contributed by atoms with Crippen molar-refractivity contribution in [3.05, 3.63) is 58.9 Å². The lowest BCUT2D eigenvalue weighted by atomic mass is 10.0. The van der Waals surface area contributed by atoms with Crippen molar-refractivity contribution in [2.45, 2.75) is 44.4 Å². The fourth-order valence-electron chi connectivity index (χ4n) is 3.50. The number of anilines is 1. The van der Waals surface area contributed by atoms with E-state index in [4.69, 9.17) is 0 Å². The van der Waals surface area contributed by atoms with Gasteiger partial charge in [0.1, 0.15) is 10.7 Å². The molecular weight excluding hydrogens is 379 g/mol. The van der Waals surface area contributed by atoms with Gasteiger partial charge < -0.3 is 5.32 Å². The molecule has 0 unspecified atom stereocenters. The van der Waals surface area contributed by atoms with Crippen LogP contribution in [0.15, 0.2) is 41.3 Å². The first kappa shape index (κ1) is 20.5. The highest BCUT2D eigenvalue weighted by atomic mass is 32.2. The standard InChI is InChI=1S/C21H25FN2O3S/c1-3-15-8-7-9-16(4-2)20(15)23-21(25)17-10-11-18(22)19(14-17)28(26,27)24-12-5-6-13-24/h7-11,14H,3-6,12-13H2,1-2H3,(H,23,25). The zero-order valence-electron chi connectivity index (χ0n) is 16.2. The number of hydrogen-bond donors (Lipinski definition) is 1. The Kier molecular flexibility index (Phi) is 6.15. The first-order valence-electron chi connectivity index (χ1n) is 9.60. The highest BCUT2D eigenvalue weighted by Crippen LogP contribution is 2.26. The normalized spacial score (nSPS) is 15.0. The summed E-state index contributed by atoms with van der Waals surface area (Å²) >= 11 is 0. The maximum absolute atomic E-state index is 14.3. The zero-order valence-corrected chi connectivity index (χ0v) is 17.0. The second-order valence-electron chi connectivity index (χ2n) is 6.87. The fraction of sp³-hybridized carbons (Fsp3) is 0.381. The Morgan fingerprint density at radius 1 is 1.07 bits per heavy atom. The molecule has 0 atom stereocenters. The van der Waals surface area contributed by atoms with Crippen molar-refractivity contribution < 1.29 is 17.6 Å². The predicted molar refractivity (Wildman–Crippen MR) is 108 cm³/mol. The average molecular weight is 405 g/mol. The molecule has 0 saturated carbocycles. The van der Waals surface area contributed by atoms with Crippen LogP contribution >= 0.6 is 0 Å². The van der Waals surface area contributed by atoms with E-state index < -0.39 is 26.6 Å². The molecule has 2 aromatic rings. The summed E-state index contributed by atoms with van der Waals surface area (Å²) in [5.41, 5.74) is 2.86. The average Bonchev–Trinajstić information content (AvgIpc) is 3.24. The van der Waals surface area contributed by atoms with Gasteiger partial charge in [-0.3, -0.25) is 4.79 Å². The Bertz CT molecular complexity index is 961. The molecule has 1 saturated heterocycles. The summed E-state index contributed by atoms with van der Waals surface area (Å²) in [6.45, 7) is 4.76. The van der Waals surface area contributed by atoms with Crippen LogP contribution in [-0.2, 0) is 22.9 Å². The quantitative estimate of drug-likeness (QED) is 0.792. The molecule has 3 rings (SSSR count). The van der Waals surface area contributed by atoms with Crippen LogP contribution in [0.25, 0.3) is 0 Å². The highest BCUT2D eigenvalue weighted by Gasteiger charge is 2.30. The van der Waals surface area contributed by atoms with Crippen molar-refractivity contribution in [1.29, 1.82) is 0 Å². The lowest BCUT2D eigenvalue weighted by Gasteiger charge is -2.17. The van der Waals surface area contributed by atoms with Crippen molar-refractivity contribution in [2.24, 2.45) is 0 Å². The van der Waals surface area contributed by atoms with E-state index in [2.05, 4.69) is 5.32 Å². The number of halogens is 1. The Morgan fingerprint density at radius 2 is 1.68 bits per heavy atom. The fourth-order valence-corrected chi connectivity index (χ4v) is 5.11. The molecule has 0 spiro atoms. The third-order valence-electron chi connectivity index (χ3n) is 5.11. The molecule has 1 N–H and O–H groups in total. The van der Waals surface area contributed by atoms with Crippen molar-refractivity contribution in [1.82, 2.24) is 4.31 Å². The highest BCUT2D eigenvalue weighted by molar-refractivity contribution is 7.89. The van der Waals surface area contributed by atoms with Crippen molar-refractivity contribution >= 4 is 21.6 Å². The SMILES string of the molecule is CCc1cccc(CC)c1NC(=O)c1ccc(F)c(S(=O)(=O)N2CCCC2)c1. The van der Waals surface area contributed by atoms with Gasteiger partial charge >= 0.3 is 0 Å². The summed E-state index contributed by atoms with van der Waals surface area (Å²) in [5.74, 6) is -1.29. The predicted octanol–water partition coefficient (Wildman–Crippen LogP) is 3.99. The Labute approximate surface area is 165 Å². The number of rotatable bonds is 6. The van der Waals surface area contributed by atoms with Crippen LogP contribution < -0.4 is 5.32 Å². The molecule has 0 bridgehead atoms. The molecule has 1 heterocycles. The van der Waals surface area contributed by atoms with E-state index in [1.54, 1.807) is 0 Å². The smallest absolute Gasteiger partial charge is 0.255 e. The number of benzene rings is 2. The lowest BCUT2D eigenvalue weighted by Crippen LogP contribution is -2.29. The summed E-state index contributed by atoms with van der Waals surface area (Å²) < 4.78 is 41.1. The van der Waals surface area contributed by atoms with Crippen LogP contribution in [0.3, 0.4) is 0 Å². The van der Waals surface area contributed by atoms with Gasteiger partial charge in [0.05, 0.1) is 0 Å². The number of carbonyl (C=O) groups is 1. The molecule has 5 nitrogen and oxygen atoms in total. The van der Waals surface area contributed by atoms with E-state index in [9.17, 15) is 17.6 Å². The monoisotopic (exact) mass is 404 g/mol. The number of carbonyl (C=O) groups excluding carboxylic acids is 1. The lowest BCUT2D eigenvalue weighted by molar-refractivity contribution is 0.102. The van der Waals surface area contributed by atoms with Gasteiger partial charge in [0.25, 0.3) is 5.91 Å². The summed E-state index contributed by atoms with van der Waals surface area (Å²) in [5, 5.41) is 2.90. The summed E-state index contributed by atoms with van der Waals surface area (Å²) in [6.07, 6.45) is 3.02. The van der Waals surface area contributed by atoms with Crippen LogP contribution in [-0.4, -0.2) is 31.7 Å². The van der Waals surface area contributed by atoms with Gasteiger partial charge in [-0.1, -0.05) is 32.0 Å². The molecular formula is C21H25FN2O3S. The van der Waals surface area contributed by atoms with Crippen molar-refractivity contribution in [3.8, 4) is 0 Å². The number of nitrogens with one attached hydrogen (secondary N) is 1. The minimum absolute atomic E-state index is 0.118. The summed E-state index contributed by atoms with van der Waals surface area (Å²) in [6, 6.07) is 9.34. The molecule has 1 amide bonds. The van der Waals surface area contributed by atoms with E-state index in [0.29, 0.717) is 13.1 Å². The summed E-state index contributed by atoms with van der Waals surface area (Å²) in [4.78, 5) is 12.4. The molecule has 150 valence electrons. The van der Waals surface area contributed by atoms with Gasteiger partial charge in [-0.25, -0.2) is 12.8 Å². The third-order valence-corrected chi connectivity index (χ3v) is 7.03. The van der Waals surface area contributed by atoms with E-state index in [1.165, 1.54) is 10.4 Å². The van der Waals surface area contributed by atoms with Crippen LogP contribution in [0.4, 0.5) is 10.1 Å². The molecule has 7 heteroatoms. The van der Waals surface area contributed by atoms with Crippen molar-refractivity contribution in [2.75, 3.05) is 18.4 Å². The molecule has 1 aliphatic rings. The van der Waals surface area contributed by atoms with Gasteiger partial charge in [-0.2, -0.15) is 4.31 Å². The second kappa shape index (κ2) is 8.41. The molecule has 1 aliphatic heterocycles. The van der Waals surface area contributed by atoms with Gasteiger partial charge in [-0.05, 0) is 55.0 Å². The number of hydrogen-bond acceptors (Lipinski definition) is 3. The van der Waals surface area contributed by atoms with Gasteiger partial charge in [0, 0.05) is 24.3 Å². The van der Waals surface area contributed by atoms with Crippen molar-refractivity contribution in [3.63, 3.8) is 0 Å². The number of sulfonamides is 1. The van der Waals surface area contributed by atoms with Crippen LogP contribution in [0.2, 0.25) is 0 Å². The Morgan fingerprint density at radius 3 is 2.25 bits per heavy atom. The number of nitrogens with zero attached hydrogens (tertiary/aromatic N) is 1. The Hall–Kier alpha value is -2.25. The van der Waals surface area contributed by atoms with E-state index >= 15 is 0 Å². The first-order valence-corrected chi connectivity index (χ1v) is 11.0. The molecule has 0 aromatic heterocycles. The zero-order chi connectivity index (χ0) is 20.3. The number of para-hydroxylation sites is 1. The molecule has 2 aromatic carbocycles. The molecule has 0 aliphatic carbocycles. The summed E-state index contributed by atoms with van der Waals surface area (Å²) in [7, 11) is -3.95. The van der Waals surface area contributed by atoms with Gasteiger partial charge in [-0.15, -0.1) is 0 Å². The van der Waals surface area contributed by atoms with E-state index in [1.807, 2.05) is 32.0 Å². The topological polar surface area (TPSA) is 66.5 Å². The minimum Gasteiger partial charge on any atom is -0.321 e. The van der Waals surface area contributed by atoms with Crippen LogP contribution in [0.5, 0.6) is 0 Å². The van der Waals surface area contributed by atoms with Crippen LogP contribution in [0, 0.1) is 5.82 Å².